The number of thioether (sulfide) groups is 1. The number of halogens is 1. The number of carbonyl (C=O) groups excluding carboxylic acids is 1. The fourth-order valence-corrected chi connectivity index (χ4v) is 5.72. The molecule has 1 saturated carbocycles. The maximum atomic E-state index is 13.8. The number of nitrogens with one attached hydrogen (secondary N) is 1. The highest BCUT2D eigenvalue weighted by Gasteiger charge is 2.41. The molecule has 144 valence electrons. The lowest BCUT2D eigenvalue weighted by atomic mass is 10.2. The van der Waals surface area contributed by atoms with Gasteiger partial charge in [0.05, 0.1) is 22.8 Å². The second-order valence-corrected chi connectivity index (χ2v) is 10.00. The number of hydrogen-bond donors (Lipinski definition) is 1. The highest BCUT2D eigenvalue weighted by Crippen LogP contribution is 2.33. The molecule has 1 aromatic heterocycles. The SMILES string of the molecule is O=C(CSc1n[nH]c(-c2ccccc2F)n1)N(C1CC1)[C@@H]1CCS(=O)(=O)C1. The normalized spacial score (nSPS) is 21.3. The van der Waals surface area contributed by atoms with Gasteiger partial charge in [0.25, 0.3) is 0 Å². The van der Waals surface area contributed by atoms with E-state index >= 15 is 0 Å². The van der Waals surface area contributed by atoms with Crippen LogP contribution in [-0.2, 0) is 14.6 Å². The molecule has 2 heterocycles. The van der Waals surface area contributed by atoms with Crippen LogP contribution in [0, 0.1) is 5.82 Å². The molecule has 1 aromatic carbocycles. The van der Waals surface area contributed by atoms with Gasteiger partial charge in [-0.15, -0.1) is 5.10 Å². The predicted octanol–water partition coefficient (Wildman–Crippen LogP) is 1.88. The molecule has 2 aromatic rings. The fourth-order valence-electron chi connectivity index (χ4n) is 3.34. The second kappa shape index (κ2) is 7.23. The van der Waals surface area contributed by atoms with Gasteiger partial charge in [-0.2, -0.15) is 0 Å². The zero-order valence-electron chi connectivity index (χ0n) is 14.5. The number of hydrogen-bond acceptors (Lipinski definition) is 6. The smallest absolute Gasteiger partial charge is 0.233 e. The molecule has 0 bridgehead atoms. The molecule has 1 N–H and O–H groups in total. The predicted molar refractivity (Wildman–Crippen MR) is 99.4 cm³/mol. The van der Waals surface area contributed by atoms with E-state index < -0.39 is 15.7 Å². The largest absolute Gasteiger partial charge is 0.335 e. The number of H-pyrrole nitrogens is 1. The molecule has 7 nitrogen and oxygen atoms in total. The van der Waals surface area contributed by atoms with Crippen LogP contribution in [0.4, 0.5) is 4.39 Å². The van der Waals surface area contributed by atoms with E-state index in [1.54, 1.807) is 23.1 Å². The van der Waals surface area contributed by atoms with E-state index in [0.717, 1.165) is 12.8 Å². The Labute approximate surface area is 160 Å². The lowest BCUT2D eigenvalue weighted by Crippen LogP contribution is -2.43. The molecule has 1 aliphatic heterocycles. The van der Waals surface area contributed by atoms with E-state index in [1.165, 1.54) is 17.8 Å². The maximum absolute atomic E-state index is 13.8. The Bertz CT molecular complexity index is 959. The third-order valence-electron chi connectivity index (χ3n) is 4.75. The zero-order chi connectivity index (χ0) is 19.0. The highest BCUT2D eigenvalue weighted by molar-refractivity contribution is 7.99. The number of nitrogens with zero attached hydrogens (tertiary/aromatic N) is 3. The number of rotatable bonds is 6. The summed E-state index contributed by atoms with van der Waals surface area (Å²) in [6.45, 7) is 0. The van der Waals surface area contributed by atoms with Crippen LogP contribution in [0.25, 0.3) is 11.4 Å². The van der Waals surface area contributed by atoms with Gasteiger partial charge in [0.2, 0.25) is 11.1 Å². The molecule has 10 heteroatoms. The standard InChI is InChI=1S/C17H19FN4O3S2/c18-14-4-2-1-3-13(14)16-19-17(21-20-16)26-9-15(23)22(11-5-6-11)12-7-8-27(24,25)10-12/h1-4,11-12H,5-10H2,(H,19,20,21)/t12-/m1/s1. The lowest BCUT2D eigenvalue weighted by Gasteiger charge is -2.28. The first-order chi connectivity index (χ1) is 12.9. The molecule has 1 aliphatic carbocycles. The van der Waals surface area contributed by atoms with Crippen molar-refractivity contribution >= 4 is 27.5 Å². The Hall–Kier alpha value is -1.94. The van der Waals surface area contributed by atoms with Gasteiger partial charge >= 0.3 is 0 Å². The minimum atomic E-state index is -3.04. The van der Waals surface area contributed by atoms with Crippen molar-refractivity contribution < 1.29 is 17.6 Å². The molecule has 27 heavy (non-hydrogen) atoms. The zero-order valence-corrected chi connectivity index (χ0v) is 16.1. The number of aromatic nitrogens is 3. The molecule has 2 fully saturated rings. The van der Waals surface area contributed by atoms with E-state index in [-0.39, 0.29) is 35.2 Å². The van der Waals surface area contributed by atoms with Crippen LogP contribution in [0.2, 0.25) is 0 Å². The molecular weight excluding hydrogens is 391 g/mol. The van der Waals surface area contributed by atoms with Crippen LogP contribution in [0.3, 0.4) is 0 Å². The molecule has 2 aliphatic rings. The molecule has 4 rings (SSSR count). The number of carbonyl (C=O) groups is 1. The van der Waals surface area contributed by atoms with Crippen molar-refractivity contribution in [3.63, 3.8) is 0 Å². The maximum Gasteiger partial charge on any atom is 0.233 e. The van der Waals surface area contributed by atoms with Crippen molar-refractivity contribution in [2.75, 3.05) is 17.3 Å². The van der Waals surface area contributed by atoms with Crippen molar-refractivity contribution in [2.24, 2.45) is 0 Å². The first kappa shape index (κ1) is 18.4. The molecule has 0 radical (unpaired) electrons. The third-order valence-corrected chi connectivity index (χ3v) is 7.33. The van der Waals surface area contributed by atoms with Crippen LogP contribution < -0.4 is 0 Å². The molecule has 1 amide bonds. The Morgan fingerprint density at radius 2 is 2.04 bits per heavy atom. The van der Waals surface area contributed by atoms with Gasteiger partial charge < -0.3 is 4.90 Å². The first-order valence-corrected chi connectivity index (χ1v) is 11.6. The summed E-state index contributed by atoms with van der Waals surface area (Å²) in [5.74, 6) is 0.142. The van der Waals surface area contributed by atoms with Crippen molar-refractivity contribution in [3.8, 4) is 11.4 Å². The minimum absolute atomic E-state index is 0.0536. The summed E-state index contributed by atoms with van der Waals surface area (Å²) in [6.07, 6.45) is 2.35. The van der Waals surface area contributed by atoms with Crippen molar-refractivity contribution in [1.82, 2.24) is 20.1 Å². The highest BCUT2D eigenvalue weighted by atomic mass is 32.2. The summed E-state index contributed by atoms with van der Waals surface area (Å²) in [4.78, 5) is 18.7. The summed E-state index contributed by atoms with van der Waals surface area (Å²) in [6, 6.07) is 6.18. The van der Waals surface area contributed by atoms with Crippen molar-refractivity contribution in [3.05, 3.63) is 30.1 Å². The van der Waals surface area contributed by atoms with Gasteiger partial charge in [-0.25, -0.2) is 17.8 Å². The van der Waals surface area contributed by atoms with Crippen LogP contribution in [0.15, 0.2) is 29.4 Å². The van der Waals surface area contributed by atoms with E-state index in [2.05, 4.69) is 15.2 Å². The van der Waals surface area contributed by atoms with Crippen LogP contribution in [-0.4, -0.2) is 63.7 Å². The Kier molecular flexibility index (Phi) is 4.94. The second-order valence-electron chi connectivity index (χ2n) is 6.82. The Morgan fingerprint density at radius 3 is 2.70 bits per heavy atom. The summed E-state index contributed by atoms with van der Waals surface area (Å²) in [7, 11) is -3.04. The molecule has 1 saturated heterocycles. The minimum Gasteiger partial charge on any atom is -0.335 e. The van der Waals surface area contributed by atoms with E-state index in [4.69, 9.17) is 0 Å². The fraction of sp³-hybridized carbons (Fsp3) is 0.471. The van der Waals surface area contributed by atoms with E-state index in [1.807, 2.05) is 0 Å². The van der Waals surface area contributed by atoms with E-state index in [9.17, 15) is 17.6 Å². The van der Waals surface area contributed by atoms with Gasteiger partial charge in [-0.3, -0.25) is 9.89 Å². The molecule has 1 atom stereocenters. The average molecular weight is 410 g/mol. The van der Waals surface area contributed by atoms with Crippen LogP contribution >= 0.6 is 11.8 Å². The van der Waals surface area contributed by atoms with Gasteiger partial charge in [-0.1, -0.05) is 23.9 Å². The molecular formula is C17H19FN4O3S2. The summed E-state index contributed by atoms with van der Waals surface area (Å²) in [5.41, 5.74) is 0.318. The van der Waals surface area contributed by atoms with Gasteiger partial charge in [0, 0.05) is 12.1 Å². The van der Waals surface area contributed by atoms with Crippen LogP contribution in [0.1, 0.15) is 19.3 Å². The van der Waals surface area contributed by atoms with Gasteiger partial charge in [-0.05, 0) is 31.4 Å². The van der Waals surface area contributed by atoms with Crippen molar-refractivity contribution in [2.45, 2.75) is 36.5 Å². The number of benzene rings is 1. The topological polar surface area (TPSA) is 96.0 Å². The van der Waals surface area contributed by atoms with Gasteiger partial charge in [0.15, 0.2) is 15.7 Å². The van der Waals surface area contributed by atoms with Gasteiger partial charge in [0.1, 0.15) is 5.82 Å². The summed E-state index contributed by atoms with van der Waals surface area (Å²) in [5, 5.41) is 7.09. The monoisotopic (exact) mass is 410 g/mol. The van der Waals surface area contributed by atoms with Crippen LogP contribution in [0.5, 0.6) is 0 Å². The van der Waals surface area contributed by atoms with E-state index in [0.29, 0.717) is 23.0 Å². The number of sulfone groups is 1. The third kappa shape index (κ3) is 4.16. The summed E-state index contributed by atoms with van der Waals surface area (Å²) >= 11 is 1.17. The summed E-state index contributed by atoms with van der Waals surface area (Å²) < 4.78 is 37.3. The van der Waals surface area contributed by atoms with Crippen molar-refractivity contribution in [1.29, 1.82) is 0 Å². The Balaban J connectivity index is 1.41. The number of amides is 1. The number of aromatic amines is 1. The molecule has 0 spiro atoms. The quantitative estimate of drug-likeness (QED) is 0.731. The molecule has 0 unspecified atom stereocenters. The lowest BCUT2D eigenvalue weighted by molar-refractivity contribution is -0.130. The Morgan fingerprint density at radius 1 is 1.26 bits per heavy atom. The first-order valence-electron chi connectivity index (χ1n) is 8.74. The average Bonchev–Trinajstić information content (AvgIpc) is 3.23.